The van der Waals surface area contributed by atoms with Gasteiger partial charge in [-0.3, -0.25) is 9.69 Å². The number of amides is 1. The van der Waals surface area contributed by atoms with Gasteiger partial charge in [0, 0.05) is 19.6 Å². The van der Waals surface area contributed by atoms with Gasteiger partial charge in [-0.25, -0.2) is 4.68 Å². The Labute approximate surface area is 140 Å². The van der Waals surface area contributed by atoms with Gasteiger partial charge in [0.15, 0.2) is 0 Å². The number of likely N-dealkylation sites (N-methyl/N-ethyl adjacent to an activating group) is 1. The van der Waals surface area contributed by atoms with Crippen LogP contribution >= 0.6 is 0 Å². The molecule has 126 valence electrons. The van der Waals surface area contributed by atoms with E-state index in [1.807, 2.05) is 29.2 Å². The van der Waals surface area contributed by atoms with E-state index >= 15 is 0 Å². The lowest BCUT2D eigenvalue weighted by Gasteiger charge is -2.33. The van der Waals surface area contributed by atoms with E-state index < -0.39 is 0 Å². The van der Waals surface area contributed by atoms with Crippen LogP contribution in [0, 0.1) is 0 Å². The Morgan fingerprint density at radius 1 is 1.29 bits per heavy atom. The molecule has 0 unspecified atom stereocenters. The molecule has 0 bridgehead atoms. The minimum atomic E-state index is 0.148. The predicted octanol–water partition coefficient (Wildman–Crippen LogP) is -0.254. The van der Waals surface area contributed by atoms with Crippen molar-refractivity contribution in [3.05, 3.63) is 36.2 Å². The van der Waals surface area contributed by atoms with E-state index in [1.54, 1.807) is 11.0 Å². The van der Waals surface area contributed by atoms with Gasteiger partial charge < -0.3 is 9.64 Å². The van der Waals surface area contributed by atoms with Crippen LogP contribution in [0.4, 0.5) is 0 Å². The van der Waals surface area contributed by atoms with E-state index in [0.717, 1.165) is 30.9 Å². The van der Waals surface area contributed by atoms with Crippen molar-refractivity contribution < 1.29 is 9.53 Å². The summed E-state index contributed by atoms with van der Waals surface area (Å²) in [6.07, 6.45) is 2.09. The summed E-state index contributed by atoms with van der Waals surface area (Å²) in [6, 6.07) is 8.05. The number of tetrazole rings is 1. The van der Waals surface area contributed by atoms with Gasteiger partial charge in [-0.05, 0) is 35.2 Å². The summed E-state index contributed by atoms with van der Waals surface area (Å²) in [5, 5.41) is 11.1. The second-order valence-electron chi connectivity index (χ2n) is 6.35. The zero-order valence-corrected chi connectivity index (χ0v) is 13.6. The fraction of sp³-hybridized carbons (Fsp3) is 0.500. The topological polar surface area (TPSA) is 76.4 Å². The summed E-state index contributed by atoms with van der Waals surface area (Å²) >= 11 is 0. The molecule has 0 radical (unpaired) electrons. The molecular weight excluding hydrogens is 308 g/mol. The van der Waals surface area contributed by atoms with E-state index in [1.165, 1.54) is 0 Å². The van der Waals surface area contributed by atoms with Gasteiger partial charge in [0.2, 0.25) is 5.91 Å². The fourth-order valence-corrected chi connectivity index (χ4v) is 3.39. The first-order valence-corrected chi connectivity index (χ1v) is 8.12. The predicted molar refractivity (Wildman–Crippen MR) is 85.6 cm³/mol. The van der Waals surface area contributed by atoms with Crippen molar-refractivity contribution in [3.63, 3.8) is 0 Å². The lowest BCUT2D eigenvalue weighted by atomic mass is 10.1. The summed E-state index contributed by atoms with van der Waals surface area (Å²) in [4.78, 5) is 16.8. The number of benzene rings is 1. The Morgan fingerprint density at radius 2 is 2.12 bits per heavy atom. The molecule has 0 spiro atoms. The van der Waals surface area contributed by atoms with Gasteiger partial charge in [-0.1, -0.05) is 12.1 Å². The van der Waals surface area contributed by atoms with Crippen molar-refractivity contribution >= 4 is 5.91 Å². The molecule has 1 aromatic carbocycles. The largest absolute Gasteiger partial charge is 0.373 e. The number of carbonyl (C=O) groups excluding carboxylic acids is 1. The number of likely N-dealkylation sites (tertiary alicyclic amines) is 1. The quantitative estimate of drug-likeness (QED) is 0.773. The van der Waals surface area contributed by atoms with E-state index in [0.29, 0.717) is 19.0 Å². The highest BCUT2D eigenvalue weighted by molar-refractivity contribution is 5.79. The molecule has 2 aliphatic heterocycles. The summed E-state index contributed by atoms with van der Waals surface area (Å²) in [7, 11) is 2.10. The Balaban J connectivity index is 1.39. The second-order valence-corrected chi connectivity index (χ2v) is 6.35. The second kappa shape index (κ2) is 6.29. The highest BCUT2D eigenvalue weighted by atomic mass is 16.5. The maximum absolute atomic E-state index is 12.6. The third kappa shape index (κ3) is 2.90. The van der Waals surface area contributed by atoms with E-state index in [-0.39, 0.29) is 12.0 Å². The Bertz CT molecular complexity index is 702. The monoisotopic (exact) mass is 328 g/mol. The van der Waals surface area contributed by atoms with E-state index in [2.05, 4.69) is 27.5 Å². The molecule has 0 aliphatic carbocycles. The van der Waals surface area contributed by atoms with Crippen LogP contribution in [0.2, 0.25) is 0 Å². The average Bonchev–Trinajstić information content (AvgIpc) is 3.26. The molecule has 0 saturated carbocycles. The molecule has 8 heteroatoms. The molecule has 2 atom stereocenters. The number of carbonyl (C=O) groups is 1. The van der Waals surface area contributed by atoms with Gasteiger partial charge >= 0.3 is 0 Å². The van der Waals surface area contributed by atoms with Gasteiger partial charge in [0.05, 0.1) is 30.9 Å². The standard InChI is InChI=1S/C16H20N6O2/c1-20-6-7-24-15-10-21(9-14(15)20)16(23)8-12-2-4-13(5-3-12)22-11-17-18-19-22/h2-5,11,14-15H,6-10H2,1H3/t14-,15+/m0/s1. The Kier molecular flexibility index (Phi) is 3.99. The number of aromatic nitrogens is 4. The van der Waals surface area contributed by atoms with Crippen LogP contribution in [0.3, 0.4) is 0 Å². The number of rotatable bonds is 3. The number of morpholine rings is 1. The summed E-state index contributed by atoms with van der Waals surface area (Å²) in [5.74, 6) is 0.150. The van der Waals surface area contributed by atoms with Crippen LogP contribution < -0.4 is 0 Å². The number of fused-ring (bicyclic) bond motifs is 1. The first kappa shape index (κ1) is 15.2. The minimum absolute atomic E-state index is 0.148. The normalized spacial score (nSPS) is 24.1. The first-order chi connectivity index (χ1) is 11.7. The molecule has 1 amide bonds. The third-order valence-corrected chi connectivity index (χ3v) is 4.84. The molecule has 0 N–H and O–H groups in total. The molecule has 8 nitrogen and oxygen atoms in total. The number of hydrogen-bond acceptors (Lipinski definition) is 6. The van der Waals surface area contributed by atoms with Crippen LogP contribution in [0.5, 0.6) is 0 Å². The minimum Gasteiger partial charge on any atom is -0.373 e. The molecule has 4 rings (SSSR count). The number of ether oxygens (including phenoxy) is 1. The highest BCUT2D eigenvalue weighted by Crippen LogP contribution is 2.22. The van der Waals surface area contributed by atoms with Crippen molar-refractivity contribution in [1.82, 2.24) is 30.0 Å². The molecule has 24 heavy (non-hydrogen) atoms. The molecule has 2 aliphatic rings. The fourth-order valence-electron chi connectivity index (χ4n) is 3.39. The SMILES string of the molecule is CN1CCO[C@@H]2CN(C(=O)Cc3ccc(-n4cnnn4)cc3)C[C@@H]21. The van der Waals surface area contributed by atoms with Gasteiger partial charge in [0.1, 0.15) is 6.33 Å². The first-order valence-electron chi connectivity index (χ1n) is 8.12. The Hall–Kier alpha value is -2.32. The van der Waals surface area contributed by atoms with Crippen molar-refractivity contribution in [2.75, 3.05) is 33.3 Å². The van der Waals surface area contributed by atoms with Gasteiger partial charge in [-0.15, -0.1) is 5.10 Å². The van der Waals surface area contributed by atoms with Crippen LogP contribution in [0.25, 0.3) is 5.69 Å². The van der Waals surface area contributed by atoms with E-state index in [9.17, 15) is 4.79 Å². The zero-order valence-electron chi connectivity index (χ0n) is 13.6. The molecule has 2 saturated heterocycles. The van der Waals surface area contributed by atoms with Gasteiger partial charge in [-0.2, -0.15) is 0 Å². The molecule has 2 fully saturated rings. The van der Waals surface area contributed by atoms with Gasteiger partial charge in [0.25, 0.3) is 0 Å². The van der Waals surface area contributed by atoms with Crippen molar-refractivity contribution in [2.24, 2.45) is 0 Å². The van der Waals surface area contributed by atoms with Crippen molar-refractivity contribution in [3.8, 4) is 5.69 Å². The number of nitrogens with zero attached hydrogens (tertiary/aromatic N) is 6. The third-order valence-electron chi connectivity index (χ3n) is 4.84. The maximum Gasteiger partial charge on any atom is 0.227 e. The lowest BCUT2D eigenvalue weighted by molar-refractivity contribution is -0.129. The van der Waals surface area contributed by atoms with Crippen LogP contribution in [0.1, 0.15) is 5.56 Å². The lowest BCUT2D eigenvalue weighted by Crippen LogP contribution is -2.48. The average molecular weight is 328 g/mol. The summed E-state index contributed by atoms with van der Waals surface area (Å²) in [5.41, 5.74) is 1.86. The van der Waals surface area contributed by atoms with Crippen molar-refractivity contribution in [1.29, 1.82) is 0 Å². The molecule has 1 aromatic heterocycles. The van der Waals surface area contributed by atoms with E-state index in [4.69, 9.17) is 4.74 Å². The van der Waals surface area contributed by atoms with Crippen molar-refractivity contribution in [2.45, 2.75) is 18.6 Å². The maximum atomic E-state index is 12.6. The highest BCUT2D eigenvalue weighted by Gasteiger charge is 2.40. The summed E-state index contributed by atoms with van der Waals surface area (Å²) < 4.78 is 7.39. The van der Waals surface area contributed by atoms with Crippen LogP contribution in [-0.2, 0) is 16.0 Å². The summed E-state index contributed by atoms with van der Waals surface area (Å²) in [6.45, 7) is 3.12. The van der Waals surface area contributed by atoms with Crippen LogP contribution in [0.15, 0.2) is 30.6 Å². The Morgan fingerprint density at radius 3 is 2.83 bits per heavy atom. The molecule has 2 aromatic rings. The number of hydrogen-bond donors (Lipinski definition) is 0. The smallest absolute Gasteiger partial charge is 0.227 e. The zero-order chi connectivity index (χ0) is 16.5. The van der Waals surface area contributed by atoms with Crippen LogP contribution in [-0.4, -0.2) is 81.3 Å². The molecule has 3 heterocycles. The molecular formula is C16H20N6O2.